The summed E-state index contributed by atoms with van der Waals surface area (Å²) in [6, 6.07) is 11.6. The van der Waals surface area contributed by atoms with Crippen molar-refractivity contribution in [3.05, 3.63) is 53.3 Å². The molecule has 1 aromatic carbocycles. The summed E-state index contributed by atoms with van der Waals surface area (Å²) in [5, 5.41) is 19.0. The summed E-state index contributed by atoms with van der Waals surface area (Å²) in [4.78, 5) is 0. The van der Waals surface area contributed by atoms with E-state index in [1.807, 2.05) is 42.8 Å². The second-order valence-electron chi connectivity index (χ2n) is 6.62. The van der Waals surface area contributed by atoms with Crippen LogP contribution in [0, 0.1) is 13.8 Å². The number of aliphatic hydroxyl groups is 1. The predicted octanol–water partition coefficient (Wildman–Crippen LogP) is 1.32. The first-order valence-electron chi connectivity index (χ1n) is 8.38. The maximum atomic E-state index is 11.0. The normalized spacial score (nSPS) is 32.2. The highest BCUT2D eigenvalue weighted by atomic mass is 16.7. The minimum absolute atomic E-state index is 0.137. The van der Waals surface area contributed by atoms with Gasteiger partial charge in [0.05, 0.1) is 24.4 Å². The molecule has 0 spiro atoms. The molecule has 2 N–H and O–H groups in total. The largest absolute Gasteiger partial charge is 0.389 e. The lowest BCUT2D eigenvalue weighted by Gasteiger charge is -2.39. The fourth-order valence-corrected chi connectivity index (χ4v) is 3.69. The second kappa shape index (κ2) is 6.29. The zero-order chi connectivity index (χ0) is 16.7. The van der Waals surface area contributed by atoms with Crippen LogP contribution in [0.25, 0.3) is 0 Å². The van der Waals surface area contributed by atoms with E-state index >= 15 is 0 Å². The van der Waals surface area contributed by atoms with Crippen molar-refractivity contribution in [2.45, 2.75) is 51.0 Å². The lowest BCUT2D eigenvalue weighted by molar-refractivity contribution is -0.168. The molecule has 2 saturated heterocycles. The van der Waals surface area contributed by atoms with Crippen molar-refractivity contribution < 1.29 is 14.6 Å². The lowest BCUT2D eigenvalue weighted by atomic mass is 9.95. The number of hydrogen-bond acceptors (Lipinski definition) is 5. The fraction of sp³-hybridized carbons (Fsp3) is 0.500. The average Bonchev–Trinajstić information content (AvgIpc) is 3.13. The van der Waals surface area contributed by atoms with Crippen LogP contribution in [-0.4, -0.2) is 46.0 Å². The van der Waals surface area contributed by atoms with E-state index in [9.17, 15) is 5.11 Å². The smallest absolute Gasteiger partial charge is 0.183 e. The molecule has 6 nitrogen and oxygen atoms in total. The third kappa shape index (κ3) is 2.75. The number of hydrogen-bond donors (Lipinski definition) is 2. The molecular weight excluding hydrogens is 306 g/mol. The highest BCUT2D eigenvalue weighted by Crippen LogP contribution is 2.36. The molecule has 128 valence electrons. The third-order valence-electron chi connectivity index (χ3n) is 4.84. The molecule has 3 heterocycles. The van der Waals surface area contributed by atoms with Gasteiger partial charge >= 0.3 is 0 Å². The van der Waals surface area contributed by atoms with Gasteiger partial charge in [-0.25, -0.2) is 0 Å². The summed E-state index contributed by atoms with van der Waals surface area (Å²) in [6.45, 7) is 5.10. The van der Waals surface area contributed by atoms with E-state index in [0.717, 1.165) is 11.4 Å². The number of nitrogens with one attached hydrogen (secondary N) is 1. The van der Waals surface area contributed by atoms with Crippen LogP contribution in [-0.2, 0) is 16.0 Å². The first-order valence-corrected chi connectivity index (χ1v) is 8.38. The van der Waals surface area contributed by atoms with Gasteiger partial charge in [0.2, 0.25) is 0 Å². The Morgan fingerprint density at radius 3 is 2.79 bits per heavy atom. The Bertz CT molecular complexity index is 703. The van der Waals surface area contributed by atoms with E-state index in [4.69, 9.17) is 9.47 Å². The van der Waals surface area contributed by atoms with Crippen molar-refractivity contribution in [3.63, 3.8) is 0 Å². The number of ether oxygens (including phenoxy) is 2. The number of nitrogens with zero attached hydrogens (tertiary/aromatic N) is 2. The lowest BCUT2D eigenvalue weighted by Crippen LogP contribution is -2.57. The molecule has 2 aromatic rings. The van der Waals surface area contributed by atoms with Crippen LogP contribution in [0.1, 0.15) is 23.0 Å². The molecule has 0 radical (unpaired) electrons. The zero-order valence-corrected chi connectivity index (χ0v) is 13.9. The van der Waals surface area contributed by atoms with Crippen LogP contribution in [0.2, 0.25) is 0 Å². The summed E-state index contributed by atoms with van der Waals surface area (Å²) >= 11 is 0. The van der Waals surface area contributed by atoms with E-state index in [0.29, 0.717) is 13.2 Å². The molecule has 24 heavy (non-hydrogen) atoms. The van der Waals surface area contributed by atoms with E-state index < -0.39 is 12.4 Å². The molecule has 2 fully saturated rings. The first-order chi connectivity index (χ1) is 11.6. The van der Waals surface area contributed by atoms with Gasteiger partial charge in [0, 0.05) is 12.2 Å². The SMILES string of the molecule is Cc1cc(C)n([C@H]2[C@@H]3OC[C@@H](O3)[C@@H](NCc3ccccc3)[C@@H]2O)n1. The molecule has 2 aliphatic heterocycles. The number of aryl methyl sites for hydroxylation is 2. The van der Waals surface area contributed by atoms with Gasteiger partial charge in [-0.15, -0.1) is 0 Å². The van der Waals surface area contributed by atoms with Gasteiger partial charge in [0.15, 0.2) is 6.29 Å². The number of rotatable bonds is 4. The number of aliphatic hydroxyl groups excluding tert-OH is 1. The fourth-order valence-electron chi connectivity index (χ4n) is 3.69. The maximum Gasteiger partial charge on any atom is 0.183 e. The van der Waals surface area contributed by atoms with Gasteiger partial charge in [-0.05, 0) is 25.5 Å². The van der Waals surface area contributed by atoms with Crippen molar-refractivity contribution in [1.82, 2.24) is 15.1 Å². The topological polar surface area (TPSA) is 68.5 Å². The summed E-state index contributed by atoms with van der Waals surface area (Å²) in [5.74, 6) is 0. The van der Waals surface area contributed by atoms with Crippen LogP contribution in [0.4, 0.5) is 0 Å². The molecule has 2 aliphatic rings. The number of fused-ring (bicyclic) bond motifs is 2. The van der Waals surface area contributed by atoms with Gasteiger partial charge in [-0.1, -0.05) is 30.3 Å². The second-order valence-corrected chi connectivity index (χ2v) is 6.62. The van der Waals surface area contributed by atoms with Crippen LogP contribution in [0.3, 0.4) is 0 Å². The Hall–Kier alpha value is -1.73. The van der Waals surface area contributed by atoms with Crippen molar-refractivity contribution >= 4 is 0 Å². The van der Waals surface area contributed by atoms with Gasteiger partial charge in [0.25, 0.3) is 0 Å². The van der Waals surface area contributed by atoms with Crippen LogP contribution in [0.5, 0.6) is 0 Å². The Kier molecular flexibility index (Phi) is 4.14. The highest BCUT2D eigenvalue weighted by Gasteiger charge is 2.51. The summed E-state index contributed by atoms with van der Waals surface area (Å²) < 4.78 is 13.6. The predicted molar refractivity (Wildman–Crippen MR) is 88.4 cm³/mol. The van der Waals surface area contributed by atoms with Gasteiger partial charge in [-0.2, -0.15) is 5.10 Å². The molecule has 5 atom stereocenters. The standard InChI is InChI=1S/C18H23N3O3/c1-11-8-12(2)21(20-11)16-17(22)15(14-10-23-18(16)24-14)19-9-13-6-4-3-5-7-13/h3-8,14-19,22H,9-10H2,1-2H3/t14-,15-,16-,17+,18-/m1/s1. The average molecular weight is 329 g/mol. The molecule has 0 amide bonds. The first kappa shape index (κ1) is 15.8. The summed E-state index contributed by atoms with van der Waals surface area (Å²) in [7, 11) is 0. The Labute approximate surface area is 141 Å². The van der Waals surface area contributed by atoms with Gasteiger partial charge < -0.3 is 19.9 Å². The molecule has 0 unspecified atom stereocenters. The monoisotopic (exact) mass is 329 g/mol. The number of aromatic nitrogens is 2. The molecule has 6 heteroatoms. The molecule has 0 aliphatic carbocycles. The zero-order valence-electron chi connectivity index (χ0n) is 13.9. The molecular formula is C18H23N3O3. The number of benzene rings is 1. The van der Waals surface area contributed by atoms with Crippen molar-refractivity contribution in [2.24, 2.45) is 0 Å². The summed E-state index contributed by atoms with van der Waals surface area (Å²) in [5.41, 5.74) is 3.10. The summed E-state index contributed by atoms with van der Waals surface area (Å²) in [6.07, 6.45) is -1.21. The van der Waals surface area contributed by atoms with Gasteiger partial charge in [-0.3, -0.25) is 4.68 Å². The highest BCUT2D eigenvalue weighted by molar-refractivity contribution is 5.15. The Balaban J connectivity index is 1.55. The Morgan fingerprint density at radius 1 is 1.29 bits per heavy atom. The van der Waals surface area contributed by atoms with Crippen LogP contribution < -0.4 is 5.32 Å². The minimum atomic E-state index is -0.627. The minimum Gasteiger partial charge on any atom is -0.389 e. The quantitative estimate of drug-likeness (QED) is 0.885. The van der Waals surface area contributed by atoms with Crippen molar-refractivity contribution in [2.75, 3.05) is 6.61 Å². The van der Waals surface area contributed by atoms with E-state index in [1.54, 1.807) is 0 Å². The van der Waals surface area contributed by atoms with Crippen molar-refractivity contribution in [1.29, 1.82) is 0 Å². The Morgan fingerprint density at radius 2 is 2.08 bits per heavy atom. The van der Waals surface area contributed by atoms with E-state index in [-0.39, 0.29) is 18.2 Å². The molecule has 0 saturated carbocycles. The van der Waals surface area contributed by atoms with Gasteiger partial charge in [0.1, 0.15) is 12.1 Å². The molecule has 4 rings (SSSR count). The van der Waals surface area contributed by atoms with E-state index in [1.165, 1.54) is 5.56 Å². The maximum absolute atomic E-state index is 11.0. The molecule has 2 bridgehead atoms. The van der Waals surface area contributed by atoms with Crippen LogP contribution in [0.15, 0.2) is 36.4 Å². The van der Waals surface area contributed by atoms with Crippen LogP contribution >= 0.6 is 0 Å². The molecule has 1 aromatic heterocycles. The van der Waals surface area contributed by atoms with E-state index in [2.05, 4.69) is 22.5 Å². The van der Waals surface area contributed by atoms with Crippen molar-refractivity contribution in [3.8, 4) is 0 Å². The third-order valence-corrected chi connectivity index (χ3v) is 4.84.